The quantitative estimate of drug-likeness (QED) is 0.712. The van der Waals surface area contributed by atoms with Crippen LogP contribution in [0.25, 0.3) is 0 Å². The molecule has 0 aliphatic rings. The van der Waals surface area contributed by atoms with Crippen molar-refractivity contribution < 1.29 is 0 Å². The third kappa shape index (κ3) is 4.61. The molecule has 0 atom stereocenters. The van der Waals surface area contributed by atoms with Gasteiger partial charge in [-0.1, -0.05) is 37.8 Å². The molecule has 4 N–H and O–H groups in total. The van der Waals surface area contributed by atoms with Gasteiger partial charge in [0.25, 0.3) is 0 Å². The van der Waals surface area contributed by atoms with Gasteiger partial charge >= 0.3 is 0 Å². The lowest BCUT2D eigenvalue weighted by Crippen LogP contribution is -2.11. The maximum Gasteiger partial charge on any atom is -0.00738 e. The fourth-order valence-electron chi connectivity index (χ4n) is 1.69. The Kier molecular flexibility index (Phi) is 6.63. The molecule has 90 valence electrons. The Morgan fingerprint density at radius 1 is 0.938 bits per heavy atom. The van der Waals surface area contributed by atoms with Gasteiger partial charge in [-0.05, 0) is 50.5 Å². The molecule has 2 nitrogen and oxygen atoms in total. The summed E-state index contributed by atoms with van der Waals surface area (Å²) in [7, 11) is -0.0399. The van der Waals surface area contributed by atoms with E-state index in [1.54, 1.807) is 0 Å². The highest BCUT2D eigenvalue weighted by atomic mass is 31.1. The minimum absolute atomic E-state index is 0.0399. The first-order chi connectivity index (χ1) is 7.77. The molecule has 3 heteroatoms. The van der Waals surface area contributed by atoms with Crippen LogP contribution < -0.4 is 16.8 Å². The van der Waals surface area contributed by atoms with Crippen LogP contribution in [0.1, 0.15) is 18.4 Å². The molecule has 0 aliphatic carbocycles. The lowest BCUT2D eigenvalue weighted by molar-refractivity contribution is 0.916. The van der Waals surface area contributed by atoms with Crippen LogP contribution in [-0.4, -0.2) is 25.4 Å². The van der Waals surface area contributed by atoms with E-state index < -0.39 is 0 Å². The van der Waals surface area contributed by atoms with E-state index in [-0.39, 0.29) is 7.92 Å². The molecule has 0 aliphatic heterocycles. The van der Waals surface area contributed by atoms with Gasteiger partial charge in [-0.25, -0.2) is 0 Å². The smallest absolute Gasteiger partial charge is 0.00738 e. The third-order valence-electron chi connectivity index (χ3n) is 2.66. The predicted octanol–water partition coefficient (Wildman–Crippen LogP) is 1.80. The monoisotopic (exact) mass is 238 g/mol. The number of nitrogens with two attached hydrogens (primary N) is 2. The van der Waals surface area contributed by atoms with E-state index >= 15 is 0 Å². The van der Waals surface area contributed by atoms with E-state index in [1.807, 2.05) is 0 Å². The van der Waals surface area contributed by atoms with E-state index in [4.69, 9.17) is 11.5 Å². The topological polar surface area (TPSA) is 52.0 Å². The van der Waals surface area contributed by atoms with Crippen molar-refractivity contribution in [3.8, 4) is 0 Å². The van der Waals surface area contributed by atoms with Crippen LogP contribution in [0.4, 0.5) is 0 Å². The minimum atomic E-state index is -0.0399. The Hall–Kier alpha value is -0.430. The molecule has 0 aromatic heterocycles. The minimum Gasteiger partial charge on any atom is -0.330 e. The number of hydrogen-bond acceptors (Lipinski definition) is 2. The summed E-state index contributed by atoms with van der Waals surface area (Å²) in [5, 5.41) is 1.50. The zero-order valence-electron chi connectivity index (χ0n) is 10.2. The van der Waals surface area contributed by atoms with Crippen molar-refractivity contribution in [1.29, 1.82) is 0 Å². The van der Waals surface area contributed by atoms with Crippen molar-refractivity contribution in [2.45, 2.75) is 19.8 Å². The number of benzene rings is 1. The van der Waals surface area contributed by atoms with Crippen molar-refractivity contribution in [3.63, 3.8) is 0 Å². The van der Waals surface area contributed by atoms with Crippen LogP contribution in [0.2, 0.25) is 0 Å². The zero-order valence-corrected chi connectivity index (χ0v) is 11.0. The molecule has 0 fully saturated rings. The Bertz CT molecular complexity index is 276. The van der Waals surface area contributed by atoms with E-state index in [2.05, 4.69) is 31.2 Å². The van der Waals surface area contributed by atoms with E-state index in [0.717, 1.165) is 25.9 Å². The van der Waals surface area contributed by atoms with Gasteiger partial charge in [0.05, 0.1) is 0 Å². The number of aryl methyl sites for hydroxylation is 1. The summed E-state index contributed by atoms with van der Waals surface area (Å²) in [5.41, 5.74) is 12.5. The van der Waals surface area contributed by atoms with Crippen LogP contribution in [0.15, 0.2) is 24.3 Å². The molecule has 0 radical (unpaired) electrons. The van der Waals surface area contributed by atoms with Gasteiger partial charge in [-0.3, -0.25) is 0 Å². The van der Waals surface area contributed by atoms with Gasteiger partial charge in [-0.15, -0.1) is 0 Å². The van der Waals surface area contributed by atoms with Gasteiger partial charge in [-0.2, -0.15) is 0 Å². The molecule has 0 unspecified atom stereocenters. The maximum absolute atomic E-state index is 5.59. The molecule has 0 saturated heterocycles. The SMILES string of the molecule is Cc1ccc(P(CCCN)CCCN)cc1. The third-order valence-corrected chi connectivity index (χ3v) is 5.40. The summed E-state index contributed by atoms with van der Waals surface area (Å²) >= 11 is 0. The van der Waals surface area contributed by atoms with E-state index in [1.165, 1.54) is 23.2 Å². The average Bonchev–Trinajstić information content (AvgIpc) is 2.31. The number of rotatable bonds is 7. The van der Waals surface area contributed by atoms with Crippen molar-refractivity contribution in [1.82, 2.24) is 0 Å². The van der Waals surface area contributed by atoms with Crippen molar-refractivity contribution in [2.24, 2.45) is 11.5 Å². The van der Waals surface area contributed by atoms with Crippen molar-refractivity contribution in [2.75, 3.05) is 25.4 Å². The Morgan fingerprint density at radius 2 is 1.44 bits per heavy atom. The second-order valence-corrected chi connectivity index (χ2v) is 6.60. The van der Waals surface area contributed by atoms with Crippen molar-refractivity contribution >= 4 is 13.2 Å². The van der Waals surface area contributed by atoms with Crippen LogP contribution in [0, 0.1) is 6.92 Å². The van der Waals surface area contributed by atoms with Crippen LogP contribution >= 0.6 is 7.92 Å². The summed E-state index contributed by atoms with van der Waals surface area (Å²) < 4.78 is 0. The van der Waals surface area contributed by atoms with Gasteiger partial charge in [0.1, 0.15) is 0 Å². The Labute approximate surface area is 100 Å². The molecule has 1 aromatic rings. The molecule has 1 rings (SSSR count). The molecule has 0 amide bonds. The molecule has 0 bridgehead atoms. The first kappa shape index (κ1) is 13.6. The first-order valence-electron chi connectivity index (χ1n) is 5.99. The van der Waals surface area contributed by atoms with Gasteiger partial charge in [0.2, 0.25) is 0 Å². The van der Waals surface area contributed by atoms with Crippen LogP contribution in [0.3, 0.4) is 0 Å². The lowest BCUT2D eigenvalue weighted by atomic mass is 10.2. The van der Waals surface area contributed by atoms with Crippen molar-refractivity contribution in [3.05, 3.63) is 29.8 Å². The predicted molar refractivity (Wildman–Crippen MR) is 74.8 cm³/mol. The second-order valence-electron chi connectivity index (χ2n) is 4.11. The molecule has 0 heterocycles. The zero-order chi connectivity index (χ0) is 11.8. The largest absolute Gasteiger partial charge is 0.330 e. The Balaban J connectivity index is 2.62. The standard InChI is InChI=1S/C13H23N2P/c1-12-4-6-13(7-5-12)16(10-2-8-14)11-3-9-15/h4-7H,2-3,8-11,14-15H2,1H3. The van der Waals surface area contributed by atoms with Crippen LogP contribution in [-0.2, 0) is 0 Å². The Morgan fingerprint density at radius 3 is 1.88 bits per heavy atom. The highest BCUT2D eigenvalue weighted by Gasteiger charge is 2.09. The fourth-order valence-corrected chi connectivity index (χ4v) is 4.13. The van der Waals surface area contributed by atoms with Gasteiger partial charge in [0.15, 0.2) is 0 Å². The molecular formula is C13H23N2P. The normalized spacial score (nSPS) is 11.0. The average molecular weight is 238 g/mol. The first-order valence-corrected chi connectivity index (χ1v) is 7.71. The second kappa shape index (κ2) is 7.78. The lowest BCUT2D eigenvalue weighted by Gasteiger charge is -2.17. The summed E-state index contributed by atoms with van der Waals surface area (Å²) in [5.74, 6) is 0. The summed E-state index contributed by atoms with van der Waals surface area (Å²) in [6, 6.07) is 8.95. The molecule has 16 heavy (non-hydrogen) atoms. The maximum atomic E-state index is 5.59. The summed E-state index contributed by atoms with van der Waals surface area (Å²) in [6.45, 7) is 3.73. The van der Waals surface area contributed by atoms with E-state index in [0.29, 0.717) is 0 Å². The van der Waals surface area contributed by atoms with Gasteiger partial charge in [0, 0.05) is 0 Å². The molecular weight excluding hydrogens is 215 g/mol. The highest BCUT2D eigenvalue weighted by molar-refractivity contribution is 7.65. The van der Waals surface area contributed by atoms with E-state index in [9.17, 15) is 0 Å². The number of hydrogen-bond donors (Lipinski definition) is 2. The molecule has 1 aromatic carbocycles. The molecule has 0 saturated carbocycles. The highest BCUT2D eigenvalue weighted by Crippen LogP contribution is 2.35. The fraction of sp³-hybridized carbons (Fsp3) is 0.538. The summed E-state index contributed by atoms with van der Waals surface area (Å²) in [6.07, 6.45) is 4.75. The summed E-state index contributed by atoms with van der Waals surface area (Å²) in [4.78, 5) is 0. The molecule has 0 spiro atoms. The van der Waals surface area contributed by atoms with Gasteiger partial charge < -0.3 is 11.5 Å². The van der Waals surface area contributed by atoms with Crippen LogP contribution in [0.5, 0.6) is 0 Å².